The molecule has 0 N–H and O–H groups in total. The van der Waals surface area contributed by atoms with Crippen molar-refractivity contribution in [2.24, 2.45) is 10.8 Å². The Balaban J connectivity index is 1.06. The first-order chi connectivity index (χ1) is 19.8. The van der Waals surface area contributed by atoms with E-state index in [-0.39, 0.29) is 22.2 Å². The molecule has 4 bridgehead atoms. The predicted molar refractivity (Wildman–Crippen MR) is 151 cm³/mol. The van der Waals surface area contributed by atoms with E-state index in [4.69, 9.17) is 14.2 Å². The van der Waals surface area contributed by atoms with Crippen molar-refractivity contribution < 1.29 is 18.4 Å². The summed E-state index contributed by atoms with van der Waals surface area (Å²) in [5.41, 5.74) is 1.82. The summed E-state index contributed by atoms with van der Waals surface area (Å²) >= 11 is 0. The van der Waals surface area contributed by atoms with Gasteiger partial charge < -0.3 is 14.2 Å². The number of hydrogen-bond donors (Lipinski definition) is 0. The molecule has 214 valence electrons. The first kappa shape index (κ1) is 25.4. The lowest BCUT2D eigenvalue weighted by Gasteiger charge is -2.66. The van der Waals surface area contributed by atoms with Gasteiger partial charge in [-0.25, -0.2) is 9.37 Å². The van der Waals surface area contributed by atoms with Gasteiger partial charge in [0.25, 0.3) is 0 Å². The van der Waals surface area contributed by atoms with Crippen molar-refractivity contribution in [2.45, 2.75) is 94.1 Å². The molecule has 0 unspecified atom stereocenters. The van der Waals surface area contributed by atoms with Gasteiger partial charge in [0.1, 0.15) is 5.67 Å². The van der Waals surface area contributed by atoms with Gasteiger partial charge in [-0.3, -0.25) is 4.79 Å². The molecule has 10 rings (SSSR count). The number of halogens is 1. The van der Waals surface area contributed by atoms with Gasteiger partial charge in [-0.15, -0.1) is 0 Å². The van der Waals surface area contributed by atoms with Gasteiger partial charge in [-0.1, -0.05) is 17.3 Å². The summed E-state index contributed by atoms with van der Waals surface area (Å²) < 4.78 is 25.5. The zero-order valence-electron chi connectivity index (χ0n) is 23.7. The maximum absolute atomic E-state index is 14.4. The lowest BCUT2D eigenvalue weighted by atomic mass is 9.41. The molecule has 0 spiro atoms. The maximum Gasteiger partial charge on any atom is 0.232 e. The van der Waals surface area contributed by atoms with E-state index in [1.807, 2.05) is 29.2 Å². The lowest BCUT2D eigenvalue weighted by Crippen LogP contribution is -2.65. The van der Waals surface area contributed by atoms with E-state index in [9.17, 15) is 9.18 Å². The molecule has 0 aliphatic heterocycles. The van der Waals surface area contributed by atoms with Crippen LogP contribution >= 0.6 is 0 Å². The zero-order valence-corrected chi connectivity index (χ0v) is 23.7. The fourth-order valence-corrected chi connectivity index (χ4v) is 8.46. The number of pyridine rings is 1. The third kappa shape index (κ3) is 4.28. The van der Waals surface area contributed by atoms with Crippen LogP contribution in [0, 0.1) is 10.8 Å². The molecular weight excluding hydrogens is 519 g/mol. The number of alkyl halides is 1. The van der Waals surface area contributed by atoms with Gasteiger partial charge in [-0.05, 0) is 111 Å². The summed E-state index contributed by atoms with van der Waals surface area (Å²) in [6.07, 6.45) is 12.3. The topological polar surface area (TPSA) is 81.4 Å². The van der Waals surface area contributed by atoms with Crippen molar-refractivity contribution in [3.63, 3.8) is 0 Å². The molecule has 3 aromatic rings. The minimum atomic E-state index is -1.01. The fourth-order valence-electron chi connectivity index (χ4n) is 8.46. The number of methoxy groups -OCH3 is 1. The van der Waals surface area contributed by atoms with Crippen molar-refractivity contribution in [3.8, 4) is 17.0 Å². The normalized spacial score (nSPS) is 33.1. The van der Waals surface area contributed by atoms with Crippen molar-refractivity contribution in [1.29, 1.82) is 0 Å². The third-order valence-corrected chi connectivity index (χ3v) is 11.1. The van der Waals surface area contributed by atoms with Crippen molar-refractivity contribution >= 4 is 11.6 Å². The summed E-state index contributed by atoms with van der Waals surface area (Å²) in [6, 6.07) is 12.1. The van der Waals surface area contributed by atoms with Crippen LogP contribution in [-0.2, 0) is 10.2 Å². The highest BCUT2D eigenvalue weighted by Crippen LogP contribution is 2.71. The van der Waals surface area contributed by atoms with E-state index in [0.29, 0.717) is 44.0 Å². The average Bonchev–Trinajstić information content (AvgIpc) is 3.71. The first-order valence-corrected chi connectivity index (χ1v) is 15.2. The second kappa shape index (κ2) is 8.85. The molecule has 7 saturated carbocycles. The molecule has 0 saturated heterocycles. The van der Waals surface area contributed by atoms with Crippen LogP contribution < -0.4 is 9.64 Å². The second-order valence-corrected chi connectivity index (χ2v) is 14.0. The number of nitrogens with zero attached hydrogens (tertiary/aromatic N) is 4. The number of carbonyl (C=O) groups excluding carboxylic acids is 1. The van der Waals surface area contributed by atoms with Crippen LogP contribution in [0.1, 0.15) is 94.7 Å². The number of ether oxygens (including phenoxy) is 1. The van der Waals surface area contributed by atoms with Crippen molar-refractivity contribution in [2.75, 3.05) is 18.6 Å². The molecule has 7 fully saturated rings. The summed E-state index contributed by atoms with van der Waals surface area (Å²) in [5.74, 6) is 2.90. The van der Waals surface area contributed by atoms with Gasteiger partial charge in [0.2, 0.25) is 17.7 Å². The fraction of sp³-hybridized carbons (Fsp3) is 0.576. The molecule has 1 amide bonds. The molecule has 2 aromatic heterocycles. The number of hydrogen-bond acceptors (Lipinski definition) is 6. The molecule has 0 atom stereocenters. The molecule has 7 aliphatic rings. The van der Waals surface area contributed by atoms with E-state index in [2.05, 4.69) is 22.3 Å². The summed E-state index contributed by atoms with van der Waals surface area (Å²) in [5, 5.41) is 4.32. The Labute approximate surface area is 239 Å². The van der Waals surface area contributed by atoms with Crippen molar-refractivity contribution in [1.82, 2.24) is 15.1 Å². The Hall–Kier alpha value is -3.29. The average molecular weight is 557 g/mol. The molecule has 1 aromatic carbocycles. The monoisotopic (exact) mass is 556 g/mol. The molecule has 7 nitrogen and oxygen atoms in total. The summed E-state index contributed by atoms with van der Waals surface area (Å²) in [4.78, 5) is 25.2. The Morgan fingerprint density at radius 2 is 1.76 bits per heavy atom. The molecule has 0 radical (unpaired) electrons. The molecule has 41 heavy (non-hydrogen) atoms. The number of fused-ring (bicyclic) bond motifs is 3. The van der Waals surface area contributed by atoms with Gasteiger partial charge in [-0.2, -0.15) is 4.98 Å². The first-order valence-electron chi connectivity index (χ1n) is 15.2. The van der Waals surface area contributed by atoms with Gasteiger partial charge >= 0.3 is 0 Å². The minimum Gasteiger partial charge on any atom is -0.481 e. The highest BCUT2D eigenvalue weighted by molar-refractivity contribution is 5.95. The summed E-state index contributed by atoms with van der Waals surface area (Å²) in [6.45, 7) is 0.693. The zero-order chi connectivity index (χ0) is 27.9. The number of aromatic nitrogens is 3. The Bertz CT molecular complexity index is 1470. The Morgan fingerprint density at radius 1 is 1.02 bits per heavy atom. The van der Waals surface area contributed by atoms with Crippen LogP contribution in [0.5, 0.6) is 5.88 Å². The largest absolute Gasteiger partial charge is 0.481 e. The second-order valence-electron chi connectivity index (χ2n) is 14.0. The number of rotatable bonds is 9. The van der Waals surface area contributed by atoms with Crippen molar-refractivity contribution in [3.05, 3.63) is 54.3 Å². The molecule has 8 heteroatoms. The molecule has 2 heterocycles. The quantitative estimate of drug-likeness (QED) is 0.284. The van der Waals surface area contributed by atoms with E-state index in [1.165, 1.54) is 12.8 Å². The van der Waals surface area contributed by atoms with Crippen LogP contribution in [0.2, 0.25) is 0 Å². The van der Waals surface area contributed by atoms with Crippen LogP contribution in [0.15, 0.2) is 47.1 Å². The number of amides is 1. The smallest absolute Gasteiger partial charge is 0.232 e. The number of carbonyl (C=O) groups is 1. The highest BCUT2D eigenvalue weighted by Gasteiger charge is 2.69. The van der Waals surface area contributed by atoms with Crippen LogP contribution in [0.3, 0.4) is 0 Å². The third-order valence-electron chi connectivity index (χ3n) is 11.1. The summed E-state index contributed by atoms with van der Waals surface area (Å²) in [7, 11) is 1.61. The number of anilines is 1. The van der Waals surface area contributed by atoms with E-state index < -0.39 is 5.67 Å². The van der Waals surface area contributed by atoms with Gasteiger partial charge in [0.05, 0.1) is 7.11 Å². The number of benzene rings is 1. The Morgan fingerprint density at radius 3 is 2.44 bits per heavy atom. The Kier molecular flexibility index (Phi) is 5.49. The maximum atomic E-state index is 14.4. The molecular formula is C33H37FN4O3. The van der Waals surface area contributed by atoms with Crippen LogP contribution in [0.25, 0.3) is 11.1 Å². The highest BCUT2D eigenvalue weighted by atomic mass is 19.1. The molecule has 7 aliphatic carbocycles. The SMILES string of the molecule is COc1cc(-c2cccc(N(CC34CCC(c5nc(C6CC6)no5)(CC3)CC4)C(=O)CC34CC(F)(C3)C4)c2)ccn1. The van der Waals surface area contributed by atoms with E-state index >= 15 is 0 Å². The minimum absolute atomic E-state index is 0.0155. The van der Waals surface area contributed by atoms with Gasteiger partial charge in [0, 0.05) is 42.2 Å². The predicted octanol–water partition coefficient (Wildman–Crippen LogP) is 6.93. The van der Waals surface area contributed by atoms with Crippen LogP contribution in [-0.4, -0.2) is 40.4 Å². The lowest BCUT2D eigenvalue weighted by molar-refractivity contribution is -0.215. The van der Waals surface area contributed by atoms with Crippen LogP contribution in [0.4, 0.5) is 10.1 Å². The standard InChI is InChI=1S/C33H37FN4O3/c1-40-26-16-24(7-14-35-26)23-3-2-4-25(15-23)38(27(39)17-31-18-33(34,19-31)20-31)21-30-8-11-32(12-9-30,13-10-30)29-36-28(37-41-29)22-5-6-22/h2-4,7,14-16,22H,5-6,8-13,17-21H2,1H3. The van der Waals surface area contributed by atoms with E-state index in [1.54, 1.807) is 13.3 Å². The van der Waals surface area contributed by atoms with Gasteiger partial charge in [0.15, 0.2) is 5.82 Å². The van der Waals surface area contributed by atoms with E-state index in [0.717, 1.165) is 67.1 Å².